The van der Waals surface area contributed by atoms with E-state index in [9.17, 15) is 8.78 Å². The molecule has 0 aromatic heterocycles. The molecule has 0 spiro atoms. The fraction of sp³-hybridized carbons (Fsp3) is 0.600. The predicted molar refractivity (Wildman–Crippen MR) is 76.9 cm³/mol. The molecule has 0 saturated heterocycles. The highest BCUT2D eigenvalue weighted by atomic mass is 19.3. The maximum absolute atomic E-state index is 12.5. The molecule has 1 aromatic rings. The van der Waals surface area contributed by atoms with Gasteiger partial charge >= 0.3 is 6.61 Å². The van der Waals surface area contributed by atoms with Crippen molar-refractivity contribution in [3.63, 3.8) is 0 Å². The third kappa shape index (κ3) is 4.15. The van der Waals surface area contributed by atoms with Crippen molar-refractivity contribution in [3.05, 3.63) is 29.8 Å². The molecule has 0 radical (unpaired) electrons. The van der Waals surface area contributed by atoms with Crippen molar-refractivity contribution in [1.29, 1.82) is 0 Å². The van der Waals surface area contributed by atoms with E-state index in [0.29, 0.717) is 18.0 Å². The Bertz CT molecular complexity index is 413. The molecular weight excluding hydrogens is 262 g/mol. The van der Waals surface area contributed by atoms with E-state index < -0.39 is 6.61 Å². The van der Waals surface area contributed by atoms with Crippen LogP contribution in [0.3, 0.4) is 0 Å². The molecule has 0 saturated carbocycles. The van der Waals surface area contributed by atoms with Gasteiger partial charge in [-0.25, -0.2) is 0 Å². The summed E-state index contributed by atoms with van der Waals surface area (Å²) >= 11 is 0. The second-order valence-electron chi connectivity index (χ2n) is 5.32. The summed E-state index contributed by atoms with van der Waals surface area (Å²) in [6, 6.07) is 6.97. The van der Waals surface area contributed by atoms with E-state index in [4.69, 9.17) is 5.73 Å². The van der Waals surface area contributed by atoms with Gasteiger partial charge in [0.2, 0.25) is 0 Å². The van der Waals surface area contributed by atoms with Gasteiger partial charge in [0, 0.05) is 18.2 Å². The number of nitrogens with zero attached hydrogens (tertiary/aromatic N) is 1. The van der Waals surface area contributed by atoms with E-state index in [-0.39, 0.29) is 17.8 Å². The molecule has 1 rings (SSSR count). The number of hydrogen-bond acceptors (Lipinski definition) is 3. The largest absolute Gasteiger partial charge is 0.434 e. The number of halogens is 2. The van der Waals surface area contributed by atoms with Crippen LogP contribution in [0.1, 0.15) is 32.4 Å². The Kier molecular flexibility index (Phi) is 6.36. The number of alkyl halides is 2. The van der Waals surface area contributed by atoms with Gasteiger partial charge in [0.15, 0.2) is 0 Å². The number of benzene rings is 1. The summed E-state index contributed by atoms with van der Waals surface area (Å²) in [6.07, 6.45) is 0. The van der Waals surface area contributed by atoms with Gasteiger partial charge in [-0.1, -0.05) is 32.0 Å². The lowest BCUT2D eigenvalue weighted by Gasteiger charge is -2.35. The van der Waals surface area contributed by atoms with Gasteiger partial charge in [0.1, 0.15) is 5.75 Å². The molecule has 0 fully saturated rings. The second-order valence-corrected chi connectivity index (χ2v) is 5.32. The summed E-state index contributed by atoms with van der Waals surface area (Å²) in [5.74, 6) is 0.637. The summed E-state index contributed by atoms with van der Waals surface area (Å²) in [6.45, 7) is 3.86. The zero-order valence-electron chi connectivity index (χ0n) is 12.5. The van der Waals surface area contributed by atoms with Crippen LogP contribution < -0.4 is 10.5 Å². The van der Waals surface area contributed by atoms with Gasteiger partial charge in [-0.05, 0) is 26.0 Å². The van der Waals surface area contributed by atoms with Crippen LogP contribution in [-0.2, 0) is 0 Å². The molecule has 0 amide bonds. The number of hydrogen-bond donors (Lipinski definition) is 1. The second kappa shape index (κ2) is 7.55. The number of ether oxygens (including phenoxy) is 1. The molecule has 2 N–H and O–H groups in total. The third-order valence-corrected chi connectivity index (χ3v) is 3.82. The zero-order valence-corrected chi connectivity index (χ0v) is 12.5. The Morgan fingerprint density at radius 1 is 1.20 bits per heavy atom. The first-order valence-corrected chi connectivity index (χ1v) is 6.84. The minimum Gasteiger partial charge on any atom is -0.434 e. The van der Waals surface area contributed by atoms with Crippen molar-refractivity contribution >= 4 is 0 Å². The lowest BCUT2D eigenvalue weighted by Crippen LogP contribution is -2.39. The number of nitrogens with two attached hydrogens (primary N) is 1. The maximum atomic E-state index is 12.5. The predicted octanol–water partition coefficient (Wildman–Crippen LogP) is 3.26. The third-order valence-electron chi connectivity index (χ3n) is 3.82. The van der Waals surface area contributed by atoms with Crippen LogP contribution in [-0.4, -0.2) is 31.1 Å². The molecule has 0 heterocycles. The average molecular weight is 286 g/mol. The highest BCUT2D eigenvalue weighted by molar-refractivity contribution is 5.36. The van der Waals surface area contributed by atoms with Gasteiger partial charge in [0.05, 0.1) is 6.04 Å². The van der Waals surface area contributed by atoms with Crippen molar-refractivity contribution in [2.75, 3.05) is 13.6 Å². The minimum atomic E-state index is -2.83. The van der Waals surface area contributed by atoms with E-state index in [1.54, 1.807) is 18.2 Å². The van der Waals surface area contributed by atoms with Crippen molar-refractivity contribution in [3.8, 4) is 5.75 Å². The van der Waals surface area contributed by atoms with Crippen LogP contribution >= 0.6 is 0 Å². The monoisotopic (exact) mass is 286 g/mol. The molecular formula is C15H24F2N2O. The average Bonchev–Trinajstić information content (AvgIpc) is 2.39. The van der Waals surface area contributed by atoms with Crippen molar-refractivity contribution < 1.29 is 13.5 Å². The van der Waals surface area contributed by atoms with Gasteiger partial charge in [-0.2, -0.15) is 8.78 Å². The summed E-state index contributed by atoms with van der Waals surface area (Å²) in [7, 11) is 1.96. The molecule has 114 valence electrons. The highest BCUT2D eigenvalue weighted by Crippen LogP contribution is 2.31. The van der Waals surface area contributed by atoms with Crippen LogP contribution in [0.5, 0.6) is 5.75 Å². The van der Waals surface area contributed by atoms with Crippen LogP contribution in [0.15, 0.2) is 24.3 Å². The molecule has 5 heteroatoms. The van der Waals surface area contributed by atoms with E-state index in [1.165, 1.54) is 0 Å². The Balaban J connectivity index is 3.05. The molecule has 2 atom stereocenters. The summed E-state index contributed by atoms with van der Waals surface area (Å²) in [4.78, 5) is 2.11. The molecule has 0 aliphatic carbocycles. The molecule has 0 bridgehead atoms. The molecule has 20 heavy (non-hydrogen) atoms. The Morgan fingerprint density at radius 3 is 2.30 bits per heavy atom. The van der Waals surface area contributed by atoms with E-state index >= 15 is 0 Å². The number of rotatable bonds is 7. The van der Waals surface area contributed by atoms with Crippen molar-refractivity contribution in [1.82, 2.24) is 4.90 Å². The van der Waals surface area contributed by atoms with Gasteiger partial charge in [0.25, 0.3) is 0 Å². The molecule has 3 nitrogen and oxygen atoms in total. The Hall–Kier alpha value is -1.20. The molecule has 1 aromatic carbocycles. The molecule has 0 aliphatic rings. The van der Waals surface area contributed by atoms with Crippen LogP contribution in [0.2, 0.25) is 0 Å². The summed E-state index contributed by atoms with van der Waals surface area (Å²) < 4.78 is 29.6. The van der Waals surface area contributed by atoms with Gasteiger partial charge < -0.3 is 10.5 Å². The van der Waals surface area contributed by atoms with Crippen LogP contribution in [0, 0.1) is 5.92 Å². The number of likely N-dealkylation sites (N-methyl/N-ethyl adjacent to an activating group) is 1. The Labute approximate surface area is 119 Å². The standard InChI is InChI=1S/C15H24F2N2O/c1-10(2)11(3)19(4)13(9-18)12-7-5-6-8-14(12)20-15(16)17/h5-8,10-11,13,15H,9,18H2,1-4H3. The van der Waals surface area contributed by atoms with Gasteiger partial charge in [-0.15, -0.1) is 0 Å². The first-order valence-electron chi connectivity index (χ1n) is 6.84. The fourth-order valence-corrected chi connectivity index (χ4v) is 2.23. The van der Waals surface area contributed by atoms with Crippen LogP contribution in [0.4, 0.5) is 8.78 Å². The lowest BCUT2D eigenvalue weighted by molar-refractivity contribution is -0.0512. The normalized spacial score (nSPS) is 14.9. The fourth-order valence-electron chi connectivity index (χ4n) is 2.23. The quantitative estimate of drug-likeness (QED) is 0.836. The summed E-state index contributed by atoms with van der Waals surface area (Å²) in [5, 5.41) is 0. The molecule has 0 aliphatic heterocycles. The molecule has 2 unspecified atom stereocenters. The van der Waals surface area contributed by atoms with Crippen molar-refractivity contribution in [2.24, 2.45) is 11.7 Å². The lowest BCUT2D eigenvalue weighted by atomic mass is 9.98. The maximum Gasteiger partial charge on any atom is 0.387 e. The zero-order chi connectivity index (χ0) is 15.3. The topological polar surface area (TPSA) is 38.5 Å². The minimum absolute atomic E-state index is 0.151. The SMILES string of the molecule is CC(C)C(C)N(C)C(CN)c1ccccc1OC(F)F. The highest BCUT2D eigenvalue weighted by Gasteiger charge is 2.25. The number of para-hydroxylation sites is 1. The smallest absolute Gasteiger partial charge is 0.387 e. The summed E-state index contributed by atoms with van der Waals surface area (Å²) in [5.41, 5.74) is 6.56. The van der Waals surface area contributed by atoms with E-state index in [0.717, 1.165) is 0 Å². The van der Waals surface area contributed by atoms with Crippen LogP contribution in [0.25, 0.3) is 0 Å². The van der Waals surface area contributed by atoms with E-state index in [2.05, 4.69) is 30.4 Å². The van der Waals surface area contributed by atoms with Gasteiger partial charge in [-0.3, -0.25) is 4.90 Å². The van der Waals surface area contributed by atoms with Crippen molar-refractivity contribution in [2.45, 2.75) is 39.5 Å². The first-order chi connectivity index (χ1) is 9.38. The Morgan fingerprint density at radius 2 is 1.80 bits per heavy atom. The first kappa shape index (κ1) is 16.9. The van der Waals surface area contributed by atoms with E-state index in [1.807, 2.05) is 13.1 Å².